The monoisotopic (exact) mass is 256 g/mol. The molecule has 94 valence electrons. The summed E-state index contributed by atoms with van der Waals surface area (Å²) >= 11 is 0. The Morgan fingerprint density at radius 1 is 1.44 bits per heavy atom. The van der Waals surface area contributed by atoms with E-state index in [4.69, 9.17) is 0 Å². The van der Waals surface area contributed by atoms with Crippen LogP contribution < -0.4 is 0 Å². The molecular weight excluding hydrogens is 249 g/mol. The van der Waals surface area contributed by atoms with Crippen molar-refractivity contribution < 1.29 is 22.8 Å². The second kappa shape index (κ2) is 3.94. The van der Waals surface area contributed by atoms with E-state index in [1.165, 1.54) is 6.92 Å². The van der Waals surface area contributed by atoms with Gasteiger partial charge in [0.05, 0.1) is 17.3 Å². The van der Waals surface area contributed by atoms with E-state index in [2.05, 4.69) is 5.10 Å². The van der Waals surface area contributed by atoms with Crippen LogP contribution in [0.3, 0.4) is 0 Å². The average Bonchev–Trinajstić information content (AvgIpc) is 2.70. The summed E-state index contributed by atoms with van der Waals surface area (Å²) in [5.41, 5.74) is -0.960. The molecule has 0 saturated carbocycles. The SMILES string of the molecule is CC(=O)n1ncc2cc(C(F)(F)C=O)c(F)cc21. The summed E-state index contributed by atoms with van der Waals surface area (Å²) in [6.07, 6.45) is 0.521. The van der Waals surface area contributed by atoms with Crippen LogP contribution in [-0.2, 0) is 10.7 Å². The Bertz CT molecular complexity index is 649. The Balaban J connectivity index is 2.72. The van der Waals surface area contributed by atoms with Gasteiger partial charge in [-0.15, -0.1) is 0 Å². The molecule has 0 bridgehead atoms. The molecule has 0 aliphatic rings. The minimum absolute atomic E-state index is 0.0745. The van der Waals surface area contributed by atoms with Gasteiger partial charge >= 0.3 is 5.92 Å². The van der Waals surface area contributed by atoms with E-state index in [-0.39, 0.29) is 10.9 Å². The van der Waals surface area contributed by atoms with Crippen LogP contribution in [0.25, 0.3) is 10.9 Å². The van der Waals surface area contributed by atoms with Crippen LogP contribution in [0.1, 0.15) is 17.3 Å². The van der Waals surface area contributed by atoms with E-state index in [0.717, 1.165) is 23.0 Å². The number of hydrogen-bond donors (Lipinski definition) is 0. The van der Waals surface area contributed by atoms with E-state index in [1.807, 2.05) is 0 Å². The van der Waals surface area contributed by atoms with Crippen LogP contribution in [0.2, 0.25) is 0 Å². The van der Waals surface area contributed by atoms with Gasteiger partial charge in [0.15, 0.2) is 6.29 Å². The van der Waals surface area contributed by atoms with Crippen molar-refractivity contribution in [2.24, 2.45) is 0 Å². The summed E-state index contributed by atoms with van der Waals surface area (Å²) in [6, 6.07) is 1.57. The molecule has 0 aliphatic heterocycles. The topological polar surface area (TPSA) is 52.0 Å². The molecule has 2 aromatic rings. The highest BCUT2D eigenvalue weighted by molar-refractivity contribution is 5.90. The molecule has 4 nitrogen and oxygen atoms in total. The lowest BCUT2D eigenvalue weighted by molar-refractivity contribution is -0.130. The minimum atomic E-state index is -3.91. The van der Waals surface area contributed by atoms with Crippen molar-refractivity contribution in [1.82, 2.24) is 9.78 Å². The van der Waals surface area contributed by atoms with E-state index in [0.29, 0.717) is 0 Å². The van der Waals surface area contributed by atoms with E-state index in [9.17, 15) is 22.8 Å². The number of benzene rings is 1. The first kappa shape index (κ1) is 12.3. The highest BCUT2D eigenvalue weighted by Gasteiger charge is 2.34. The molecule has 1 heterocycles. The van der Waals surface area contributed by atoms with Crippen molar-refractivity contribution in [2.75, 3.05) is 0 Å². The van der Waals surface area contributed by atoms with Crippen LogP contribution in [0.4, 0.5) is 13.2 Å². The molecule has 0 unspecified atom stereocenters. The number of aldehydes is 1. The number of fused-ring (bicyclic) bond motifs is 1. The maximum absolute atomic E-state index is 13.5. The average molecular weight is 256 g/mol. The summed E-state index contributed by atoms with van der Waals surface area (Å²) in [5, 5.41) is 3.81. The van der Waals surface area contributed by atoms with Crippen molar-refractivity contribution in [2.45, 2.75) is 12.8 Å². The third-order valence-corrected chi connectivity index (χ3v) is 2.46. The van der Waals surface area contributed by atoms with Crippen LogP contribution in [0.5, 0.6) is 0 Å². The maximum Gasteiger partial charge on any atom is 0.330 e. The molecular formula is C11H7F3N2O2. The first-order valence-corrected chi connectivity index (χ1v) is 4.89. The Morgan fingerprint density at radius 3 is 2.67 bits per heavy atom. The lowest BCUT2D eigenvalue weighted by Crippen LogP contribution is -2.17. The second-order valence-corrected chi connectivity index (χ2v) is 3.71. The Morgan fingerprint density at radius 2 is 2.11 bits per heavy atom. The fraction of sp³-hybridized carbons (Fsp3) is 0.182. The molecule has 0 amide bonds. The number of alkyl halides is 2. The molecule has 0 N–H and O–H groups in total. The minimum Gasteiger partial charge on any atom is -0.296 e. The molecule has 1 aromatic carbocycles. The largest absolute Gasteiger partial charge is 0.330 e. The zero-order valence-corrected chi connectivity index (χ0v) is 9.15. The first-order valence-electron chi connectivity index (χ1n) is 4.89. The molecule has 0 radical (unpaired) electrons. The summed E-state index contributed by atoms with van der Waals surface area (Å²) < 4.78 is 40.7. The fourth-order valence-corrected chi connectivity index (χ4v) is 1.62. The normalized spacial score (nSPS) is 11.8. The van der Waals surface area contributed by atoms with Crippen LogP contribution in [0, 0.1) is 5.82 Å². The smallest absolute Gasteiger partial charge is 0.296 e. The number of halogens is 3. The predicted octanol–water partition coefficient (Wildman–Crippen LogP) is 2.13. The number of carbonyl (C=O) groups is 2. The third kappa shape index (κ3) is 1.77. The van der Waals surface area contributed by atoms with Gasteiger partial charge in [-0.2, -0.15) is 13.9 Å². The fourth-order valence-electron chi connectivity index (χ4n) is 1.62. The van der Waals surface area contributed by atoms with Crippen LogP contribution >= 0.6 is 0 Å². The zero-order chi connectivity index (χ0) is 13.5. The van der Waals surface area contributed by atoms with Gasteiger partial charge in [-0.25, -0.2) is 9.07 Å². The molecule has 0 fully saturated rings. The van der Waals surface area contributed by atoms with Gasteiger partial charge in [0, 0.05) is 18.4 Å². The van der Waals surface area contributed by atoms with Gasteiger partial charge in [-0.3, -0.25) is 9.59 Å². The highest BCUT2D eigenvalue weighted by Crippen LogP contribution is 2.31. The summed E-state index contributed by atoms with van der Waals surface area (Å²) in [4.78, 5) is 21.4. The molecule has 7 heteroatoms. The summed E-state index contributed by atoms with van der Waals surface area (Å²) in [7, 11) is 0. The van der Waals surface area contributed by atoms with Crippen molar-refractivity contribution in [3.63, 3.8) is 0 Å². The number of aromatic nitrogens is 2. The standard InChI is InChI=1S/C11H7F3N2O2/c1-6(18)16-10-3-9(12)8(11(13,14)5-17)2-7(10)4-15-16/h2-5H,1H3. The molecule has 18 heavy (non-hydrogen) atoms. The van der Waals surface area contributed by atoms with Crippen molar-refractivity contribution in [1.29, 1.82) is 0 Å². The second-order valence-electron chi connectivity index (χ2n) is 3.71. The molecule has 2 rings (SSSR count). The Kier molecular flexibility index (Phi) is 2.68. The van der Waals surface area contributed by atoms with E-state index in [1.54, 1.807) is 0 Å². The van der Waals surface area contributed by atoms with Gasteiger partial charge < -0.3 is 0 Å². The Labute approximate surface area is 99.0 Å². The van der Waals surface area contributed by atoms with Gasteiger partial charge in [0.25, 0.3) is 0 Å². The predicted molar refractivity (Wildman–Crippen MR) is 55.9 cm³/mol. The van der Waals surface area contributed by atoms with Crippen molar-refractivity contribution in [3.05, 3.63) is 29.7 Å². The molecule has 0 aliphatic carbocycles. The first-order chi connectivity index (χ1) is 8.36. The molecule has 0 spiro atoms. The number of hydrogen-bond acceptors (Lipinski definition) is 3. The maximum atomic E-state index is 13.5. The summed E-state index contributed by atoms with van der Waals surface area (Å²) in [5.74, 6) is -5.64. The number of nitrogens with zero attached hydrogens (tertiary/aromatic N) is 2. The van der Waals surface area contributed by atoms with Gasteiger partial charge in [-0.1, -0.05) is 0 Å². The van der Waals surface area contributed by atoms with E-state index < -0.39 is 29.5 Å². The quantitative estimate of drug-likeness (QED) is 0.773. The van der Waals surface area contributed by atoms with Crippen molar-refractivity contribution in [3.8, 4) is 0 Å². The lowest BCUT2D eigenvalue weighted by atomic mass is 10.1. The van der Waals surface area contributed by atoms with Crippen LogP contribution in [0.15, 0.2) is 18.3 Å². The lowest BCUT2D eigenvalue weighted by Gasteiger charge is -2.10. The zero-order valence-electron chi connectivity index (χ0n) is 9.15. The van der Waals surface area contributed by atoms with Gasteiger partial charge in [0.2, 0.25) is 5.91 Å². The van der Waals surface area contributed by atoms with E-state index >= 15 is 0 Å². The third-order valence-electron chi connectivity index (χ3n) is 2.46. The van der Waals surface area contributed by atoms with Crippen LogP contribution in [-0.4, -0.2) is 22.0 Å². The molecule has 0 saturated heterocycles. The Hall–Kier alpha value is -2.18. The number of carbonyl (C=O) groups excluding carboxylic acids is 2. The van der Waals surface area contributed by atoms with Crippen molar-refractivity contribution >= 4 is 23.1 Å². The molecule has 0 atom stereocenters. The van der Waals surface area contributed by atoms with Gasteiger partial charge in [0.1, 0.15) is 5.82 Å². The van der Waals surface area contributed by atoms with Gasteiger partial charge in [-0.05, 0) is 6.07 Å². The number of rotatable bonds is 2. The highest BCUT2D eigenvalue weighted by atomic mass is 19.3. The molecule has 1 aromatic heterocycles. The summed E-state index contributed by atoms with van der Waals surface area (Å²) in [6.45, 7) is 1.21.